The first-order chi connectivity index (χ1) is 45.8. The summed E-state index contributed by atoms with van der Waals surface area (Å²) in [5, 5.41) is 88.3. The zero-order chi connectivity index (χ0) is 74.0. The number of esters is 4. The number of ketones is 1. The van der Waals surface area contributed by atoms with E-state index >= 15 is 0 Å². The number of aliphatic hydroxyl groups excluding tert-OH is 1. The predicted octanol–water partition coefficient (Wildman–Crippen LogP) is 10.1. The van der Waals surface area contributed by atoms with Crippen molar-refractivity contribution >= 4 is 135 Å². The Bertz CT molecular complexity index is 3760. The van der Waals surface area contributed by atoms with Crippen LogP contribution in [0, 0.1) is 78.4 Å². The lowest BCUT2D eigenvalue weighted by Crippen LogP contribution is -2.43. The van der Waals surface area contributed by atoms with Gasteiger partial charge in [0.15, 0.2) is 11.8 Å². The van der Waals surface area contributed by atoms with Crippen LogP contribution in [-0.2, 0) is 23.9 Å². The van der Waals surface area contributed by atoms with Crippen molar-refractivity contribution in [2.75, 3.05) is 6.61 Å². The fraction of sp³-hybridized carbons (Fsp3) is 0.262. The summed E-state index contributed by atoms with van der Waals surface area (Å²) in [6, 6.07) is 22.7. The number of Topliss-reactive ketones (excluding diaryl/α,β-unsaturated/α-hetero) is 1. The fourth-order valence-electron chi connectivity index (χ4n) is 7.95. The molecule has 6 aromatic rings. The zero-order valence-electron chi connectivity index (χ0n) is 52.1. The summed E-state index contributed by atoms with van der Waals surface area (Å²) in [6.07, 6.45) is 0.398. The second-order valence-electron chi connectivity index (χ2n) is 21.6. The monoisotopic (exact) mass is 1550 g/mol. The molecule has 34 nitrogen and oxygen atoms in total. The lowest BCUT2D eigenvalue weighted by atomic mass is 10.0. The largest absolute Gasteiger partial charge is 0.563 e. The van der Waals surface area contributed by atoms with E-state index < -0.39 is 136 Å². The highest BCUT2D eigenvalue weighted by Crippen LogP contribution is 2.27. The van der Waals surface area contributed by atoms with Gasteiger partial charge in [0.05, 0.1) is 75.6 Å². The van der Waals surface area contributed by atoms with Crippen LogP contribution in [0.25, 0.3) is 0 Å². The molecule has 518 valence electrons. The molecule has 0 bridgehead atoms. The molecule has 1 unspecified atom stereocenters. The summed E-state index contributed by atoms with van der Waals surface area (Å²) < 4.78 is 12.1. The third kappa shape index (κ3) is 27.0. The van der Waals surface area contributed by atoms with E-state index in [1.54, 1.807) is 90.1 Å². The summed E-state index contributed by atoms with van der Waals surface area (Å²) in [7, 11) is 0. The SMILES string of the molecule is CC(C)CC(NC(=O)c1cc([N+](=O)[O-])cc([N+](=O)[O-])c1)C(=O)OC(=O)c1ccc(Br)cc1.CC(C)C[C@@H](NC(=O)c1cc([N+](=O)[O-])cc([N+](=O)[O-])c1)C(=O)[OH2+].CC(C)C[C@H](NC(=O)c1cc([N+](=O)[O-])cc([N+](=O)[O-])c1)C(=O)OC(=O)c1ccc(Br)cc1.O=C(CO)c1ccc(Br)cc1. The molecule has 0 aliphatic heterocycles. The number of non-ortho nitro benzene ring substituents is 6. The zero-order valence-corrected chi connectivity index (χ0v) is 56.8. The van der Waals surface area contributed by atoms with Gasteiger partial charge in [0.1, 0.15) is 18.7 Å². The minimum absolute atomic E-state index is 0.0223. The molecular formula is C61H59Br3N9O25+. The molecule has 0 saturated carbocycles. The molecule has 0 fully saturated rings. The van der Waals surface area contributed by atoms with Crippen molar-refractivity contribution < 1.29 is 92.4 Å². The Morgan fingerprint density at radius 3 is 0.827 bits per heavy atom. The van der Waals surface area contributed by atoms with Crippen LogP contribution in [0.1, 0.15) is 123 Å². The van der Waals surface area contributed by atoms with E-state index in [4.69, 9.17) is 19.7 Å². The molecule has 6 rings (SSSR count). The van der Waals surface area contributed by atoms with Gasteiger partial charge in [-0.3, -0.25) is 79.9 Å². The van der Waals surface area contributed by atoms with Crippen LogP contribution in [0.5, 0.6) is 0 Å². The lowest BCUT2D eigenvalue weighted by Gasteiger charge is -2.19. The molecule has 0 radical (unpaired) electrons. The number of benzene rings is 6. The average Bonchev–Trinajstić information content (AvgIpc) is 0.839. The van der Waals surface area contributed by atoms with Crippen molar-refractivity contribution in [2.24, 2.45) is 17.8 Å². The van der Waals surface area contributed by atoms with Gasteiger partial charge in [0, 0.05) is 60.2 Å². The Balaban J connectivity index is 0.000000358. The van der Waals surface area contributed by atoms with E-state index in [9.17, 15) is 104 Å². The number of ether oxygens (including phenoxy) is 2. The lowest BCUT2D eigenvalue weighted by molar-refractivity contribution is -0.394. The molecule has 0 aromatic heterocycles. The van der Waals surface area contributed by atoms with Gasteiger partial charge in [0.25, 0.3) is 51.8 Å². The summed E-state index contributed by atoms with van der Waals surface area (Å²) in [4.78, 5) is 170. The summed E-state index contributed by atoms with van der Waals surface area (Å²) in [5.41, 5.74) is -4.15. The van der Waals surface area contributed by atoms with Crippen LogP contribution < -0.4 is 16.0 Å². The summed E-state index contributed by atoms with van der Waals surface area (Å²) >= 11 is 9.69. The molecule has 98 heavy (non-hydrogen) atoms. The third-order valence-corrected chi connectivity index (χ3v) is 14.1. The molecule has 0 spiro atoms. The highest BCUT2D eigenvalue weighted by Gasteiger charge is 2.32. The van der Waals surface area contributed by atoms with Crippen LogP contribution in [0.3, 0.4) is 0 Å². The first-order valence-electron chi connectivity index (χ1n) is 28.2. The first-order valence-corrected chi connectivity index (χ1v) is 30.6. The third-order valence-electron chi connectivity index (χ3n) is 12.5. The van der Waals surface area contributed by atoms with E-state index in [-0.39, 0.29) is 70.6 Å². The maximum atomic E-state index is 12.6. The van der Waals surface area contributed by atoms with Crippen molar-refractivity contribution in [3.8, 4) is 0 Å². The maximum Gasteiger partial charge on any atom is 0.538 e. The van der Waals surface area contributed by atoms with Crippen molar-refractivity contribution in [2.45, 2.75) is 78.9 Å². The Labute approximate surface area is 578 Å². The van der Waals surface area contributed by atoms with Gasteiger partial charge in [-0.25, -0.2) is 19.2 Å². The Morgan fingerprint density at radius 1 is 0.388 bits per heavy atom. The smallest absolute Gasteiger partial charge is 0.538 e. The van der Waals surface area contributed by atoms with Crippen molar-refractivity contribution in [1.29, 1.82) is 0 Å². The number of nitro groups is 6. The maximum absolute atomic E-state index is 12.6. The minimum Gasteiger partial charge on any atom is -0.563 e. The van der Waals surface area contributed by atoms with Gasteiger partial charge in [-0.2, -0.15) is 0 Å². The van der Waals surface area contributed by atoms with Crippen LogP contribution in [0.2, 0.25) is 0 Å². The van der Waals surface area contributed by atoms with E-state index in [2.05, 4.69) is 63.7 Å². The van der Waals surface area contributed by atoms with Crippen molar-refractivity contribution in [1.82, 2.24) is 16.0 Å². The number of rotatable bonds is 25. The number of nitrogens with one attached hydrogen (secondary N) is 3. The van der Waals surface area contributed by atoms with Gasteiger partial charge in [-0.1, -0.05) is 101 Å². The van der Waals surface area contributed by atoms with Gasteiger partial charge < -0.3 is 35.6 Å². The number of amides is 3. The van der Waals surface area contributed by atoms with Crippen LogP contribution >= 0.6 is 47.8 Å². The Morgan fingerprint density at radius 2 is 0.612 bits per heavy atom. The molecule has 6 N–H and O–H groups in total. The molecular weight excluding hydrogens is 1500 g/mol. The van der Waals surface area contributed by atoms with E-state index in [0.717, 1.165) is 55.9 Å². The van der Waals surface area contributed by atoms with Crippen molar-refractivity contribution in [3.63, 3.8) is 0 Å². The highest BCUT2D eigenvalue weighted by molar-refractivity contribution is 9.11. The van der Waals surface area contributed by atoms with Gasteiger partial charge >= 0.3 is 29.8 Å². The topological polar surface area (TPSA) is 510 Å². The number of halogens is 3. The quantitative estimate of drug-likeness (QED) is 0.0103. The number of hydrogen-bond acceptors (Lipinski definition) is 24. The number of hydrogen-bond donors (Lipinski definition) is 4. The van der Waals surface area contributed by atoms with E-state index in [1.807, 2.05) is 0 Å². The Kier molecular flexibility index (Phi) is 31.9. The number of carbonyl (C=O) groups is 9. The minimum atomic E-state index is -1.26. The standard InChI is InChI=1S/2C20H18BrN3O8.C13H15N3O7.C8H7BrO2/c2*1-11(2)7-17(20(27)32-19(26)12-3-5-14(21)6-4-12)22-18(25)13-8-15(23(28)29)10-16(9-13)24(30)31;1-7(2)3-11(13(18)19)14-12(17)8-4-9(15(20)21)6-10(5-8)16(22)23;9-7-3-1-6(2-4-7)8(11)5-10/h2*3-6,8-11,17H,7H2,1-2H3,(H,22,25);4-7,11H,3H2,1-2H3,(H,14,17)(H,18,19);1-4,10H,5H2/p+1/t17-;;11-;/m0.1./s1. The number of nitro benzene ring substituents is 6. The van der Waals surface area contributed by atoms with Gasteiger partial charge in [-0.05, 0) is 97.7 Å². The second kappa shape index (κ2) is 38.5. The Hall–Kier alpha value is -11.1. The van der Waals surface area contributed by atoms with Gasteiger partial charge in [0.2, 0.25) is 0 Å². The average molecular weight is 1560 g/mol. The molecule has 0 aliphatic rings. The number of aliphatic hydroxyl groups is 1. The van der Waals surface area contributed by atoms with E-state index in [0.29, 0.717) is 17.7 Å². The first kappa shape index (κ1) is 81.2. The molecule has 3 amide bonds. The van der Waals surface area contributed by atoms with Crippen LogP contribution in [-0.4, -0.2) is 118 Å². The summed E-state index contributed by atoms with van der Waals surface area (Å²) in [6.45, 7) is 10.2. The van der Waals surface area contributed by atoms with Gasteiger partial charge in [-0.15, -0.1) is 0 Å². The fourth-order valence-corrected chi connectivity index (χ4v) is 8.74. The number of carbonyl (C=O) groups excluding carboxylic acids is 9. The molecule has 3 atom stereocenters. The van der Waals surface area contributed by atoms with Crippen molar-refractivity contribution in [3.05, 3.63) is 235 Å². The normalized spacial score (nSPS) is 11.4. The molecule has 0 heterocycles. The van der Waals surface area contributed by atoms with Crippen LogP contribution in [0.4, 0.5) is 34.1 Å². The molecule has 0 aliphatic carbocycles. The predicted molar refractivity (Wildman–Crippen MR) is 355 cm³/mol. The summed E-state index contributed by atoms with van der Waals surface area (Å²) in [5.74, 6) is -8.15. The second-order valence-corrected chi connectivity index (χ2v) is 24.4. The van der Waals surface area contributed by atoms with E-state index in [1.165, 1.54) is 24.3 Å². The molecule has 6 aromatic carbocycles. The van der Waals surface area contributed by atoms with Crippen LogP contribution in [0.15, 0.2) is 141 Å². The highest BCUT2D eigenvalue weighted by atomic mass is 79.9. The molecule has 37 heteroatoms. The number of nitrogens with zero attached hydrogens (tertiary/aromatic N) is 6. The molecule has 0 saturated heterocycles.